The first-order valence-corrected chi connectivity index (χ1v) is 7.11. The monoisotopic (exact) mass is 330 g/mol. The lowest BCUT2D eigenvalue weighted by molar-refractivity contribution is -0.525. The summed E-state index contributed by atoms with van der Waals surface area (Å²) in [4.78, 5) is 37.0. The first-order chi connectivity index (χ1) is 10.8. The average molecular weight is 330 g/mol. The smallest absolute Gasteiger partial charge is 0.251 e. The molecule has 0 bridgehead atoms. The summed E-state index contributed by atoms with van der Waals surface area (Å²) in [7, 11) is 0. The van der Waals surface area contributed by atoms with E-state index in [2.05, 4.69) is 15.6 Å². The van der Waals surface area contributed by atoms with Gasteiger partial charge in [-0.05, 0) is 25.8 Å². The second kappa shape index (κ2) is 8.85. The lowest BCUT2D eigenvalue weighted by Gasteiger charge is -2.20. The molecule has 0 unspecified atom stereocenters. The zero-order valence-electron chi connectivity index (χ0n) is 12.5. The van der Waals surface area contributed by atoms with Crippen molar-refractivity contribution < 1.29 is 14.6 Å². The predicted molar refractivity (Wildman–Crippen MR) is 81.4 cm³/mol. The van der Waals surface area contributed by atoms with Crippen molar-refractivity contribution in [3.05, 3.63) is 10.1 Å². The minimum absolute atomic E-state index is 0.197. The summed E-state index contributed by atoms with van der Waals surface area (Å²) >= 11 is 0. The zero-order chi connectivity index (χ0) is 17.4. The number of amides is 2. The molecule has 3 atom stereocenters. The fourth-order valence-corrected chi connectivity index (χ4v) is 2.22. The Kier molecular flexibility index (Phi) is 7.15. The van der Waals surface area contributed by atoms with Gasteiger partial charge in [0.05, 0.1) is 12.1 Å². The van der Waals surface area contributed by atoms with Crippen LogP contribution < -0.4 is 33.3 Å². The Morgan fingerprint density at radius 3 is 2.74 bits per heavy atom. The normalized spacial score (nSPS) is 22.4. The van der Waals surface area contributed by atoms with Crippen LogP contribution in [0.25, 0.3) is 0 Å². The van der Waals surface area contributed by atoms with Crippen molar-refractivity contribution in [2.24, 2.45) is 22.2 Å². The van der Waals surface area contributed by atoms with Gasteiger partial charge in [0.1, 0.15) is 6.04 Å². The highest BCUT2D eigenvalue weighted by Gasteiger charge is 2.32. The van der Waals surface area contributed by atoms with Gasteiger partial charge in [0.25, 0.3) is 5.96 Å². The molecule has 0 spiro atoms. The van der Waals surface area contributed by atoms with E-state index in [1.54, 1.807) is 5.43 Å². The van der Waals surface area contributed by atoms with E-state index in [4.69, 9.17) is 17.2 Å². The van der Waals surface area contributed by atoms with Gasteiger partial charge in [-0.15, -0.1) is 0 Å². The number of carbonyl (C=O) groups excluding carboxylic acids is 2. The third-order valence-corrected chi connectivity index (χ3v) is 3.35. The van der Waals surface area contributed by atoms with Crippen molar-refractivity contribution in [2.45, 2.75) is 37.4 Å². The van der Waals surface area contributed by atoms with Crippen LogP contribution in [0, 0.1) is 10.1 Å². The van der Waals surface area contributed by atoms with Crippen LogP contribution in [0.4, 0.5) is 0 Å². The molecule has 130 valence electrons. The molecule has 9 N–H and O–H groups in total. The third kappa shape index (κ3) is 6.44. The van der Waals surface area contributed by atoms with Gasteiger partial charge in [0, 0.05) is 6.54 Å². The van der Waals surface area contributed by atoms with Crippen molar-refractivity contribution >= 4 is 17.8 Å². The van der Waals surface area contributed by atoms with Gasteiger partial charge in [0.2, 0.25) is 11.8 Å². The zero-order valence-corrected chi connectivity index (χ0v) is 12.5. The van der Waals surface area contributed by atoms with Gasteiger partial charge >= 0.3 is 0 Å². The van der Waals surface area contributed by atoms with E-state index < -0.39 is 23.0 Å². The molecule has 1 rings (SSSR count). The summed E-state index contributed by atoms with van der Waals surface area (Å²) in [6.45, 7) is 0.785. The molecule has 1 saturated heterocycles. The minimum atomic E-state index is -0.817. The largest absolute Gasteiger partial charge is 0.368 e. The van der Waals surface area contributed by atoms with Crippen molar-refractivity contribution in [3.8, 4) is 0 Å². The fraction of sp³-hybridized carbons (Fsp3) is 0.727. The third-order valence-electron chi connectivity index (χ3n) is 3.35. The number of rotatable bonds is 8. The number of aliphatic imine (C=N–C) groups is 1. The van der Waals surface area contributed by atoms with Gasteiger partial charge in [0.15, 0.2) is 5.03 Å². The molecular weight excluding hydrogens is 308 g/mol. The Morgan fingerprint density at radius 1 is 1.43 bits per heavy atom. The molecular formula is C11H22N8O4. The van der Waals surface area contributed by atoms with E-state index in [1.807, 2.05) is 0 Å². The first kappa shape index (κ1) is 18.6. The number of nitrogens with two attached hydrogens (primary N) is 3. The number of hydrogen-bond donors (Lipinski definition) is 6. The van der Waals surface area contributed by atoms with E-state index in [1.165, 1.54) is 0 Å². The number of carbonyl (C=O) groups is 2. The van der Waals surface area contributed by atoms with E-state index >= 15 is 0 Å². The van der Waals surface area contributed by atoms with Crippen molar-refractivity contribution in [2.75, 3.05) is 13.1 Å². The second-order valence-electron chi connectivity index (χ2n) is 5.12. The number of primary amides is 1. The molecule has 1 fully saturated rings. The number of nitro groups is 1. The Bertz CT molecular complexity index is 483. The standard InChI is InChI=1S/C11H22N8O4/c12-6(2-1-4-16-11(14)18-19(22)23)10(21)17-7-3-5-15-8(7)9(13)20/h6-8,15H,1-5,12H2,(H2,13,20)(H,17,21)(H3,14,16,18)/t6-,7+,8-/m0/s1. The van der Waals surface area contributed by atoms with Crippen LogP contribution >= 0.6 is 0 Å². The average Bonchev–Trinajstić information content (AvgIpc) is 2.90. The lowest BCUT2D eigenvalue weighted by Crippen LogP contribution is -2.53. The molecule has 23 heavy (non-hydrogen) atoms. The fourth-order valence-electron chi connectivity index (χ4n) is 2.22. The second-order valence-corrected chi connectivity index (χ2v) is 5.12. The molecule has 1 aliphatic heterocycles. The van der Waals surface area contributed by atoms with E-state index in [-0.39, 0.29) is 24.5 Å². The van der Waals surface area contributed by atoms with E-state index in [0.717, 1.165) is 0 Å². The summed E-state index contributed by atoms with van der Waals surface area (Å²) < 4.78 is 0. The molecule has 0 aromatic carbocycles. The van der Waals surface area contributed by atoms with Crippen molar-refractivity contribution in [3.63, 3.8) is 0 Å². The number of nitrogens with one attached hydrogen (secondary N) is 3. The van der Waals surface area contributed by atoms with Crippen molar-refractivity contribution in [1.82, 2.24) is 16.1 Å². The summed E-state index contributed by atoms with van der Waals surface area (Å²) in [5.74, 6) is -1.22. The van der Waals surface area contributed by atoms with E-state index in [9.17, 15) is 19.7 Å². The first-order valence-electron chi connectivity index (χ1n) is 7.11. The lowest BCUT2D eigenvalue weighted by atomic mass is 10.1. The van der Waals surface area contributed by atoms with Gasteiger partial charge in [-0.1, -0.05) is 5.43 Å². The topological polar surface area (TPSA) is 204 Å². The molecule has 1 aliphatic rings. The molecule has 0 saturated carbocycles. The molecule has 2 amide bonds. The van der Waals surface area contributed by atoms with Gasteiger partial charge < -0.3 is 27.8 Å². The molecule has 0 radical (unpaired) electrons. The number of hydrazine groups is 1. The van der Waals surface area contributed by atoms with Crippen LogP contribution in [-0.2, 0) is 9.59 Å². The molecule has 0 aliphatic carbocycles. The van der Waals surface area contributed by atoms with Crippen LogP contribution in [0.3, 0.4) is 0 Å². The van der Waals surface area contributed by atoms with Gasteiger partial charge in [-0.2, -0.15) is 0 Å². The van der Waals surface area contributed by atoms with Crippen LogP contribution in [0.5, 0.6) is 0 Å². The van der Waals surface area contributed by atoms with Crippen LogP contribution in [-0.4, -0.2) is 54.0 Å². The summed E-state index contributed by atoms with van der Waals surface area (Å²) in [5.41, 5.74) is 17.9. The van der Waals surface area contributed by atoms with Crippen LogP contribution in [0.2, 0.25) is 0 Å². The number of nitrogens with zero attached hydrogens (tertiary/aromatic N) is 2. The highest BCUT2D eigenvalue weighted by Crippen LogP contribution is 2.07. The number of hydrogen-bond acceptors (Lipinski definition) is 7. The van der Waals surface area contributed by atoms with Crippen molar-refractivity contribution in [1.29, 1.82) is 0 Å². The molecule has 12 heteroatoms. The minimum Gasteiger partial charge on any atom is -0.368 e. The summed E-state index contributed by atoms with van der Waals surface area (Å²) in [6.07, 6.45) is 1.35. The van der Waals surface area contributed by atoms with Crippen LogP contribution in [0.1, 0.15) is 19.3 Å². The predicted octanol–water partition coefficient (Wildman–Crippen LogP) is -3.48. The number of guanidine groups is 1. The summed E-state index contributed by atoms with van der Waals surface area (Å²) in [6, 6.07) is -1.74. The quantitative estimate of drug-likeness (QED) is 0.0864. The summed E-state index contributed by atoms with van der Waals surface area (Å²) in [5, 5.41) is 14.9. The maximum Gasteiger partial charge on any atom is 0.251 e. The van der Waals surface area contributed by atoms with Gasteiger partial charge in [-0.25, -0.2) is 15.1 Å². The Morgan fingerprint density at radius 2 is 2.13 bits per heavy atom. The van der Waals surface area contributed by atoms with Crippen LogP contribution in [0.15, 0.2) is 4.99 Å². The molecule has 1 heterocycles. The Balaban J connectivity index is 2.31. The van der Waals surface area contributed by atoms with Gasteiger partial charge in [-0.3, -0.25) is 9.59 Å². The molecule has 0 aromatic rings. The van der Waals surface area contributed by atoms with E-state index in [0.29, 0.717) is 25.8 Å². The highest BCUT2D eigenvalue weighted by molar-refractivity contribution is 5.85. The Labute approximate surface area is 132 Å². The Hall–Kier alpha value is -2.47. The molecule has 12 nitrogen and oxygen atoms in total. The maximum absolute atomic E-state index is 12.0. The highest BCUT2D eigenvalue weighted by atomic mass is 16.7. The maximum atomic E-state index is 12.0. The SMILES string of the molecule is NC(=O)[C@H]1NCC[C@H]1NC(=O)[C@@H](N)CCCN=C(N)N[N+](=O)[O-]. The molecule has 0 aromatic heterocycles.